The van der Waals surface area contributed by atoms with E-state index in [9.17, 15) is 13.6 Å². The maximum absolute atomic E-state index is 13.7. The highest BCUT2D eigenvalue weighted by Crippen LogP contribution is 2.28. The minimum Gasteiger partial charge on any atom is -0.383 e. The Kier molecular flexibility index (Phi) is 3.88. The van der Waals surface area contributed by atoms with Crippen LogP contribution in [0.3, 0.4) is 0 Å². The van der Waals surface area contributed by atoms with Crippen molar-refractivity contribution in [1.29, 1.82) is 0 Å². The van der Waals surface area contributed by atoms with Crippen molar-refractivity contribution < 1.29 is 13.3 Å². The first-order valence-corrected chi connectivity index (χ1v) is 6.98. The second-order valence-corrected chi connectivity index (χ2v) is 5.39. The van der Waals surface area contributed by atoms with Gasteiger partial charge in [0.1, 0.15) is 17.4 Å². The Morgan fingerprint density at radius 3 is 2.71 bits per heavy atom. The predicted molar refractivity (Wildman–Crippen MR) is 73.2 cm³/mol. The van der Waals surface area contributed by atoms with E-state index in [2.05, 4.69) is 10.5 Å². The van der Waals surface area contributed by atoms with Crippen molar-refractivity contribution in [2.45, 2.75) is 31.2 Å². The van der Waals surface area contributed by atoms with E-state index in [0.717, 1.165) is 13.0 Å². The Bertz CT molecular complexity index is 660. The topological polar surface area (TPSA) is 58.0 Å². The lowest BCUT2D eigenvalue weighted by atomic mass is 9.87. The number of halogens is 2. The third kappa shape index (κ3) is 3.05. The number of nitrogens with one attached hydrogen (secondary N) is 2. The fraction of sp³-hybridized carbons (Fsp3) is 0.400. The molecule has 1 fully saturated rings. The summed E-state index contributed by atoms with van der Waals surface area (Å²) in [7, 11) is 0. The average molecular weight is 294 g/mol. The summed E-state index contributed by atoms with van der Waals surface area (Å²) in [5.41, 5.74) is -0.161. The molecule has 3 rings (SSSR count). The smallest absolute Gasteiger partial charge is 0.280 e. The van der Waals surface area contributed by atoms with Crippen LogP contribution in [-0.2, 0) is 6.42 Å². The van der Waals surface area contributed by atoms with Gasteiger partial charge >= 0.3 is 0 Å². The first-order chi connectivity index (χ1) is 10.1. The highest BCUT2D eigenvalue weighted by molar-refractivity contribution is 5.21. The van der Waals surface area contributed by atoms with Gasteiger partial charge in [0.25, 0.3) is 5.56 Å². The minimum atomic E-state index is -0.521. The summed E-state index contributed by atoms with van der Waals surface area (Å²) in [6.45, 7) is 0.723. The summed E-state index contributed by atoms with van der Waals surface area (Å²) in [5, 5.41) is 5.54. The Balaban J connectivity index is 1.73. The molecule has 2 atom stereocenters. The molecular weight excluding hydrogens is 278 g/mol. The number of rotatable bonds is 3. The molecule has 4 nitrogen and oxygen atoms in total. The maximum atomic E-state index is 13.7. The lowest BCUT2D eigenvalue weighted by Gasteiger charge is -2.29. The number of benzene rings is 1. The van der Waals surface area contributed by atoms with Crippen molar-refractivity contribution in [3.63, 3.8) is 0 Å². The molecule has 1 aliphatic heterocycles. The zero-order chi connectivity index (χ0) is 14.8. The van der Waals surface area contributed by atoms with E-state index in [4.69, 9.17) is 4.52 Å². The third-order valence-electron chi connectivity index (χ3n) is 3.95. The molecule has 0 amide bonds. The van der Waals surface area contributed by atoms with Crippen molar-refractivity contribution in [3.05, 3.63) is 57.6 Å². The van der Waals surface area contributed by atoms with E-state index in [-0.39, 0.29) is 29.5 Å². The summed E-state index contributed by atoms with van der Waals surface area (Å²) >= 11 is 0. The zero-order valence-corrected chi connectivity index (χ0v) is 11.4. The molecule has 112 valence electrons. The summed E-state index contributed by atoms with van der Waals surface area (Å²) in [6, 6.07) is 5.29. The first-order valence-electron chi connectivity index (χ1n) is 6.98. The Morgan fingerprint density at radius 1 is 1.29 bits per heavy atom. The number of H-pyrrole nitrogens is 1. The van der Waals surface area contributed by atoms with Crippen LogP contribution in [0.2, 0.25) is 0 Å². The largest absolute Gasteiger partial charge is 0.383 e. The molecule has 0 radical (unpaired) electrons. The number of aromatic amines is 1. The van der Waals surface area contributed by atoms with E-state index in [1.807, 2.05) is 0 Å². The lowest BCUT2D eigenvalue weighted by molar-refractivity contribution is 0.290. The van der Waals surface area contributed by atoms with Crippen molar-refractivity contribution in [2.24, 2.45) is 0 Å². The standard InChI is InChI=1S/C15H16F2N2O2/c16-12-2-1-3-13(17)11(12)7-10-6-9(4-5-18-10)14-8-15(20)19-21-14/h1-3,8-10,18H,4-7H2,(H,19,20)/t9-,10-/m1/s1. The minimum absolute atomic E-state index is 0.0460. The summed E-state index contributed by atoms with van der Waals surface area (Å²) in [6.07, 6.45) is 1.79. The predicted octanol–water partition coefficient (Wildman–Crippen LogP) is 2.32. The number of hydrogen-bond acceptors (Lipinski definition) is 3. The fourth-order valence-electron chi connectivity index (χ4n) is 2.89. The van der Waals surface area contributed by atoms with Crippen LogP contribution in [0.15, 0.2) is 33.6 Å². The molecule has 1 aromatic heterocycles. The van der Waals surface area contributed by atoms with Crippen molar-refractivity contribution in [2.75, 3.05) is 6.54 Å². The highest BCUT2D eigenvalue weighted by Gasteiger charge is 2.27. The molecule has 1 saturated heterocycles. The average Bonchev–Trinajstić information content (AvgIpc) is 2.90. The maximum Gasteiger partial charge on any atom is 0.280 e. The molecule has 2 N–H and O–H groups in total. The quantitative estimate of drug-likeness (QED) is 0.913. The molecule has 0 spiro atoms. The normalized spacial score (nSPS) is 22.4. The first kappa shape index (κ1) is 14.0. The van der Waals surface area contributed by atoms with Crippen LogP contribution in [-0.4, -0.2) is 17.7 Å². The molecule has 6 heteroatoms. The molecule has 0 saturated carbocycles. The second kappa shape index (κ2) is 5.81. The molecule has 2 aromatic rings. The summed E-state index contributed by atoms with van der Waals surface area (Å²) in [4.78, 5) is 11.1. The fourth-order valence-corrected chi connectivity index (χ4v) is 2.89. The van der Waals surface area contributed by atoms with Gasteiger partial charge in [-0.2, -0.15) is 5.16 Å². The van der Waals surface area contributed by atoms with E-state index < -0.39 is 11.6 Å². The molecule has 2 heterocycles. The van der Waals surface area contributed by atoms with Gasteiger partial charge in [0.05, 0.1) is 0 Å². The van der Waals surface area contributed by atoms with Gasteiger partial charge in [0.2, 0.25) is 0 Å². The zero-order valence-electron chi connectivity index (χ0n) is 11.4. The van der Waals surface area contributed by atoms with E-state index in [1.54, 1.807) is 0 Å². The molecular formula is C15H16F2N2O2. The molecule has 1 aromatic carbocycles. The van der Waals surface area contributed by atoms with E-state index in [0.29, 0.717) is 12.2 Å². The van der Waals surface area contributed by atoms with Crippen molar-refractivity contribution in [3.8, 4) is 0 Å². The summed E-state index contributed by atoms with van der Waals surface area (Å²) in [5.74, 6) is -0.343. The molecule has 1 aliphatic rings. The van der Waals surface area contributed by atoms with Gasteiger partial charge in [0, 0.05) is 23.6 Å². The van der Waals surface area contributed by atoms with Crippen LogP contribution < -0.4 is 10.9 Å². The third-order valence-corrected chi connectivity index (χ3v) is 3.95. The highest BCUT2D eigenvalue weighted by atomic mass is 19.1. The van der Waals surface area contributed by atoms with Gasteiger partial charge in [-0.25, -0.2) is 8.78 Å². The molecule has 0 aliphatic carbocycles. The Morgan fingerprint density at radius 2 is 2.05 bits per heavy atom. The SMILES string of the molecule is O=c1cc([C@@H]2CCN[C@@H](Cc3c(F)cccc3F)C2)o[nH]1. The van der Waals surface area contributed by atoms with Crippen LogP contribution in [0.1, 0.15) is 30.1 Å². The monoisotopic (exact) mass is 294 g/mol. The van der Waals surface area contributed by atoms with Gasteiger partial charge in [-0.15, -0.1) is 0 Å². The number of piperidine rings is 1. The van der Waals surface area contributed by atoms with Gasteiger partial charge in [0.15, 0.2) is 0 Å². The van der Waals surface area contributed by atoms with Crippen LogP contribution in [0.5, 0.6) is 0 Å². The molecule has 0 bridgehead atoms. The molecule has 0 unspecified atom stereocenters. The Hall–Kier alpha value is -1.95. The summed E-state index contributed by atoms with van der Waals surface area (Å²) < 4.78 is 32.5. The second-order valence-electron chi connectivity index (χ2n) is 5.39. The number of aromatic nitrogens is 1. The van der Waals surface area contributed by atoms with Gasteiger partial charge < -0.3 is 9.84 Å². The van der Waals surface area contributed by atoms with Crippen LogP contribution >= 0.6 is 0 Å². The molecule has 21 heavy (non-hydrogen) atoms. The van der Waals surface area contributed by atoms with Gasteiger partial charge in [-0.3, -0.25) is 4.79 Å². The van der Waals surface area contributed by atoms with Crippen LogP contribution in [0, 0.1) is 11.6 Å². The van der Waals surface area contributed by atoms with Crippen molar-refractivity contribution in [1.82, 2.24) is 10.5 Å². The Labute approximate surface area is 120 Å². The van der Waals surface area contributed by atoms with Crippen molar-refractivity contribution >= 4 is 0 Å². The van der Waals surface area contributed by atoms with Gasteiger partial charge in [-0.05, 0) is 37.9 Å². The van der Waals surface area contributed by atoms with E-state index in [1.165, 1.54) is 24.3 Å². The number of hydrogen-bond donors (Lipinski definition) is 2. The van der Waals surface area contributed by atoms with Crippen LogP contribution in [0.25, 0.3) is 0 Å². The van der Waals surface area contributed by atoms with E-state index >= 15 is 0 Å². The van der Waals surface area contributed by atoms with Crippen LogP contribution in [0.4, 0.5) is 8.78 Å². The van der Waals surface area contributed by atoms with Gasteiger partial charge in [-0.1, -0.05) is 6.07 Å². The lowest BCUT2D eigenvalue weighted by Crippen LogP contribution is -2.39.